The van der Waals surface area contributed by atoms with Crippen LogP contribution in [0.1, 0.15) is 19.4 Å². The van der Waals surface area contributed by atoms with Gasteiger partial charge in [-0.05, 0) is 24.0 Å². The van der Waals surface area contributed by atoms with Gasteiger partial charge < -0.3 is 11.1 Å². The van der Waals surface area contributed by atoms with E-state index < -0.39 is 0 Å². The quantitative estimate of drug-likeness (QED) is 0.745. The molecule has 72 valence electrons. The van der Waals surface area contributed by atoms with Crippen LogP contribution in [0.3, 0.4) is 0 Å². The Morgan fingerprint density at radius 2 is 2.23 bits per heavy atom. The van der Waals surface area contributed by atoms with Crippen LogP contribution in [0.4, 0.5) is 11.5 Å². The van der Waals surface area contributed by atoms with Gasteiger partial charge >= 0.3 is 0 Å². The fourth-order valence-electron chi connectivity index (χ4n) is 1.26. The number of aromatic nitrogens is 1. The van der Waals surface area contributed by atoms with Crippen LogP contribution >= 0.6 is 0 Å². The van der Waals surface area contributed by atoms with Gasteiger partial charge in [-0.2, -0.15) is 0 Å². The Labute approximate surface area is 79.4 Å². The minimum Gasteiger partial charge on any atom is -0.387 e. The molecule has 3 heteroatoms. The molecule has 0 spiro atoms. The third kappa shape index (κ3) is 2.61. The van der Waals surface area contributed by atoms with Crippen molar-refractivity contribution in [2.75, 3.05) is 18.1 Å². The predicted molar refractivity (Wildman–Crippen MR) is 56.7 cm³/mol. The normalized spacial score (nSPS) is 10.5. The molecule has 13 heavy (non-hydrogen) atoms. The highest BCUT2D eigenvalue weighted by Gasteiger charge is 2.04. The molecule has 0 radical (unpaired) electrons. The number of nitrogens with two attached hydrogens (primary N) is 1. The lowest BCUT2D eigenvalue weighted by atomic mass is 10.0. The predicted octanol–water partition coefficient (Wildman–Crippen LogP) is 1.90. The molecule has 1 aromatic rings. The third-order valence-corrected chi connectivity index (χ3v) is 1.92. The van der Waals surface area contributed by atoms with Crippen LogP contribution in [0.5, 0.6) is 0 Å². The second-order valence-corrected chi connectivity index (χ2v) is 3.62. The first kappa shape index (κ1) is 9.84. The van der Waals surface area contributed by atoms with Crippen molar-refractivity contribution in [1.82, 2.24) is 4.98 Å². The number of nitrogens with zero attached hydrogens (tertiary/aromatic N) is 1. The first-order chi connectivity index (χ1) is 6.13. The molecular weight excluding hydrogens is 162 g/mol. The lowest BCUT2D eigenvalue weighted by Gasteiger charge is -2.09. The minimum atomic E-state index is 0.608. The number of nitrogen functional groups attached to an aromatic ring is 1. The Balaban J connectivity index is 2.90. The molecule has 1 rings (SSSR count). The molecule has 3 N–H and O–H groups in total. The van der Waals surface area contributed by atoms with Crippen LogP contribution in [0.25, 0.3) is 0 Å². The van der Waals surface area contributed by atoms with E-state index in [-0.39, 0.29) is 0 Å². The number of hydrogen-bond donors (Lipinski definition) is 2. The van der Waals surface area contributed by atoms with E-state index in [1.165, 1.54) is 0 Å². The highest BCUT2D eigenvalue weighted by Crippen LogP contribution is 2.17. The van der Waals surface area contributed by atoms with Crippen LogP contribution in [-0.4, -0.2) is 12.0 Å². The largest absolute Gasteiger partial charge is 0.387 e. The van der Waals surface area contributed by atoms with Crippen molar-refractivity contribution in [3.8, 4) is 0 Å². The molecule has 3 nitrogen and oxygen atoms in total. The second kappa shape index (κ2) is 4.12. The summed E-state index contributed by atoms with van der Waals surface area (Å²) < 4.78 is 0. The highest BCUT2D eigenvalue weighted by atomic mass is 14.9. The third-order valence-electron chi connectivity index (χ3n) is 1.92. The zero-order valence-electron chi connectivity index (χ0n) is 8.46. The molecule has 1 heterocycles. The summed E-state index contributed by atoms with van der Waals surface area (Å²) in [6, 6.07) is 2.06. The summed E-state index contributed by atoms with van der Waals surface area (Å²) in [5.74, 6) is 1.25. The molecule has 0 amide bonds. The molecule has 0 saturated heterocycles. The van der Waals surface area contributed by atoms with E-state index in [9.17, 15) is 0 Å². The second-order valence-electron chi connectivity index (χ2n) is 3.62. The van der Waals surface area contributed by atoms with E-state index in [1.54, 1.807) is 6.20 Å². The van der Waals surface area contributed by atoms with Crippen LogP contribution in [0.2, 0.25) is 0 Å². The van der Waals surface area contributed by atoms with E-state index in [0.717, 1.165) is 17.7 Å². The lowest BCUT2D eigenvalue weighted by Crippen LogP contribution is -2.03. The molecule has 0 unspecified atom stereocenters. The van der Waals surface area contributed by atoms with Gasteiger partial charge in [-0.3, -0.25) is 0 Å². The molecule has 0 aliphatic rings. The SMILES string of the molecule is CNc1cnc(N)c(CC(C)C)c1. The molecule has 0 fully saturated rings. The molecular formula is C10H17N3. The molecule has 0 aliphatic carbocycles. The Kier molecular flexibility index (Phi) is 3.12. The maximum Gasteiger partial charge on any atom is 0.126 e. The Morgan fingerprint density at radius 1 is 1.54 bits per heavy atom. The van der Waals surface area contributed by atoms with Gasteiger partial charge in [0, 0.05) is 7.05 Å². The van der Waals surface area contributed by atoms with Crippen molar-refractivity contribution in [2.24, 2.45) is 5.92 Å². The van der Waals surface area contributed by atoms with Crippen LogP contribution in [0.15, 0.2) is 12.3 Å². The van der Waals surface area contributed by atoms with Crippen LogP contribution in [0, 0.1) is 5.92 Å². The first-order valence-corrected chi connectivity index (χ1v) is 4.55. The van der Waals surface area contributed by atoms with Crippen molar-refractivity contribution in [1.29, 1.82) is 0 Å². The van der Waals surface area contributed by atoms with Gasteiger partial charge in [0.2, 0.25) is 0 Å². The summed E-state index contributed by atoms with van der Waals surface area (Å²) in [5, 5.41) is 3.05. The maximum atomic E-state index is 5.75. The molecule has 0 atom stereocenters. The zero-order chi connectivity index (χ0) is 9.84. The summed E-state index contributed by atoms with van der Waals surface area (Å²) in [7, 11) is 1.88. The van der Waals surface area contributed by atoms with Crippen LogP contribution < -0.4 is 11.1 Å². The monoisotopic (exact) mass is 179 g/mol. The number of rotatable bonds is 3. The van der Waals surface area contributed by atoms with Gasteiger partial charge in [-0.15, -0.1) is 0 Å². The van der Waals surface area contributed by atoms with Crippen LogP contribution in [-0.2, 0) is 6.42 Å². The van der Waals surface area contributed by atoms with Gasteiger partial charge in [0.05, 0.1) is 11.9 Å². The van der Waals surface area contributed by atoms with Crippen molar-refractivity contribution in [3.63, 3.8) is 0 Å². The van der Waals surface area contributed by atoms with E-state index in [2.05, 4.69) is 30.2 Å². The lowest BCUT2D eigenvalue weighted by molar-refractivity contribution is 0.647. The van der Waals surface area contributed by atoms with Gasteiger partial charge in [-0.1, -0.05) is 13.8 Å². The number of anilines is 2. The van der Waals surface area contributed by atoms with Crippen molar-refractivity contribution < 1.29 is 0 Å². The molecule has 0 bridgehead atoms. The van der Waals surface area contributed by atoms with Gasteiger partial charge in [0.15, 0.2) is 0 Å². The van der Waals surface area contributed by atoms with E-state index in [0.29, 0.717) is 11.7 Å². The standard InChI is InChI=1S/C10H17N3/c1-7(2)4-8-5-9(12-3)6-13-10(8)11/h5-7,12H,4H2,1-3H3,(H2,11,13). The Morgan fingerprint density at radius 3 is 2.77 bits per heavy atom. The minimum absolute atomic E-state index is 0.608. The summed E-state index contributed by atoms with van der Waals surface area (Å²) in [4.78, 5) is 4.12. The summed E-state index contributed by atoms with van der Waals surface area (Å²) >= 11 is 0. The van der Waals surface area contributed by atoms with E-state index in [1.807, 2.05) is 7.05 Å². The molecule has 0 saturated carbocycles. The average molecular weight is 179 g/mol. The van der Waals surface area contributed by atoms with E-state index >= 15 is 0 Å². The summed E-state index contributed by atoms with van der Waals surface area (Å²) in [6.45, 7) is 4.34. The molecule has 0 aliphatic heterocycles. The summed E-state index contributed by atoms with van der Waals surface area (Å²) in [6.07, 6.45) is 2.73. The van der Waals surface area contributed by atoms with Crippen molar-refractivity contribution in [2.45, 2.75) is 20.3 Å². The molecule has 1 aromatic heterocycles. The van der Waals surface area contributed by atoms with Gasteiger partial charge in [0.1, 0.15) is 5.82 Å². The first-order valence-electron chi connectivity index (χ1n) is 4.55. The number of pyridine rings is 1. The summed E-state index contributed by atoms with van der Waals surface area (Å²) in [5.41, 5.74) is 7.90. The fraction of sp³-hybridized carbons (Fsp3) is 0.500. The number of nitrogens with one attached hydrogen (secondary N) is 1. The smallest absolute Gasteiger partial charge is 0.126 e. The number of hydrogen-bond acceptors (Lipinski definition) is 3. The van der Waals surface area contributed by atoms with Gasteiger partial charge in [0.25, 0.3) is 0 Å². The van der Waals surface area contributed by atoms with Crippen molar-refractivity contribution in [3.05, 3.63) is 17.8 Å². The Hall–Kier alpha value is -1.25. The van der Waals surface area contributed by atoms with Gasteiger partial charge in [-0.25, -0.2) is 4.98 Å². The maximum absolute atomic E-state index is 5.75. The van der Waals surface area contributed by atoms with E-state index in [4.69, 9.17) is 5.73 Å². The Bertz CT molecular complexity index is 281. The topological polar surface area (TPSA) is 50.9 Å². The fourth-order valence-corrected chi connectivity index (χ4v) is 1.26. The molecule has 0 aromatic carbocycles. The highest BCUT2D eigenvalue weighted by molar-refractivity contribution is 5.51. The average Bonchev–Trinajstić information content (AvgIpc) is 2.08. The van der Waals surface area contributed by atoms with Crippen molar-refractivity contribution >= 4 is 11.5 Å². The zero-order valence-corrected chi connectivity index (χ0v) is 8.46.